The Kier molecular flexibility index (Phi) is 7.36. The van der Waals surface area contributed by atoms with Gasteiger partial charge < -0.3 is 24.7 Å². The molecule has 6 unspecified atom stereocenters. The summed E-state index contributed by atoms with van der Waals surface area (Å²) >= 11 is 0. The van der Waals surface area contributed by atoms with Crippen molar-refractivity contribution in [1.29, 1.82) is 5.26 Å². The molecule has 0 spiro atoms. The van der Waals surface area contributed by atoms with E-state index in [4.69, 9.17) is 9.72 Å². The van der Waals surface area contributed by atoms with Gasteiger partial charge in [0.1, 0.15) is 24.2 Å². The number of hydrogen-bond donors (Lipinski definition) is 2. The predicted molar refractivity (Wildman–Crippen MR) is 170 cm³/mol. The Morgan fingerprint density at radius 1 is 1.07 bits per heavy atom. The van der Waals surface area contributed by atoms with Crippen molar-refractivity contribution in [2.75, 3.05) is 37.7 Å². The topological polar surface area (TPSA) is 130 Å². The van der Waals surface area contributed by atoms with Gasteiger partial charge >= 0.3 is 0 Å². The second kappa shape index (κ2) is 11.7. The number of fused-ring (bicyclic) bond motifs is 5. The van der Waals surface area contributed by atoms with Gasteiger partial charge in [0, 0.05) is 49.0 Å². The van der Waals surface area contributed by atoms with Gasteiger partial charge in [0.15, 0.2) is 0 Å². The number of pyridine rings is 2. The summed E-state index contributed by atoms with van der Waals surface area (Å²) in [6.07, 6.45) is 8.95. The number of ether oxygens (including phenoxy) is 1. The Hall–Kier alpha value is -4.50. The molecular formula is C35H37N7O4. The van der Waals surface area contributed by atoms with E-state index in [2.05, 4.69) is 21.0 Å². The highest BCUT2D eigenvalue weighted by molar-refractivity contribution is 5.86. The first kappa shape index (κ1) is 28.9. The molecule has 6 atom stereocenters. The molecule has 4 bridgehead atoms. The molecule has 11 heteroatoms. The van der Waals surface area contributed by atoms with Gasteiger partial charge in [-0.3, -0.25) is 9.69 Å². The van der Waals surface area contributed by atoms with Crippen molar-refractivity contribution in [2.45, 2.75) is 61.9 Å². The van der Waals surface area contributed by atoms with Gasteiger partial charge in [-0.25, -0.2) is 9.50 Å². The SMILES string of the molecule is N#Cc1cnn2cc(OCCN3C4CCC3C(O)C4)cc(-c3ccc(N4CC5CC(C4)N5C(=O)C(CO)c4ccccc4)nc3)c12. The highest BCUT2D eigenvalue weighted by atomic mass is 16.5. The third kappa shape index (κ3) is 4.88. The van der Waals surface area contributed by atoms with Crippen molar-refractivity contribution in [3.05, 3.63) is 78.2 Å². The molecule has 236 valence electrons. The molecule has 1 amide bonds. The van der Waals surface area contributed by atoms with E-state index in [0.717, 1.165) is 54.7 Å². The van der Waals surface area contributed by atoms with E-state index in [1.807, 2.05) is 59.6 Å². The van der Waals surface area contributed by atoms with Crippen LogP contribution in [0.1, 0.15) is 42.7 Å². The number of aromatic nitrogens is 3. The van der Waals surface area contributed by atoms with Crippen LogP contribution in [-0.4, -0.2) is 104 Å². The third-order valence-corrected chi connectivity index (χ3v) is 10.5. The lowest BCUT2D eigenvalue weighted by Gasteiger charge is -2.57. The largest absolute Gasteiger partial charge is 0.491 e. The van der Waals surface area contributed by atoms with Gasteiger partial charge in [0.2, 0.25) is 5.91 Å². The highest BCUT2D eigenvalue weighted by Gasteiger charge is 2.49. The first-order valence-electron chi connectivity index (χ1n) is 16.2. The minimum atomic E-state index is -0.544. The first-order chi connectivity index (χ1) is 22.5. The Balaban J connectivity index is 0.973. The van der Waals surface area contributed by atoms with E-state index < -0.39 is 5.92 Å². The summed E-state index contributed by atoms with van der Waals surface area (Å²) in [5, 5.41) is 34.5. The number of carbonyl (C=O) groups excluding carboxylic acids is 1. The minimum Gasteiger partial charge on any atom is -0.491 e. The van der Waals surface area contributed by atoms with Crippen LogP contribution in [-0.2, 0) is 4.79 Å². The zero-order chi connectivity index (χ0) is 31.4. The van der Waals surface area contributed by atoms with Crippen molar-refractivity contribution in [1.82, 2.24) is 24.4 Å². The zero-order valence-corrected chi connectivity index (χ0v) is 25.5. The fraction of sp³-hybridized carbons (Fsp3) is 0.429. The molecule has 0 aliphatic carbocycles. The van der Waals surface area contributed by atoms with Crippen molar-refractivity contribution in [3.63, 3.8) is 0 Å². The molecule has 3 aromatic heterocycles. The Bertz CT molecular complexity index is 1780. The third-order valence-electron chi connectivity index (χ3n) is 10.5. The van der Waals surface area contributed by atoms with Gasteiger partial charge in [-0.2, -0.15) is 10.4 Å². The Morgan fingerprint density at radius 2 is 1.89 bits per heavy atom. The fourth-order valence-corrected chi connectivity index (χ4v) is 8.24. The van der Waals surface area contributed by atoms with E-state index in [1.165, 1.54) is 0 Å². The summed E-state index contributed by atoms with van der Waals surface area (Å²) in [7, 11) is 0. The van der Waals surface area contributed by atoms with Crippen molar-refractivity contribution < 1.29 is 19.7 Å². The van der Waals surface area contributed by atoms with E-state index in [1.54, 1.807) is 16.9 Å². The van der Waals surface area contributed by atoms with Crippen LogP contribution >= 0.6 is 0 Å². The molecule has 11 nitrogen and oxygen atoms in total. The van der Waals surface area contributed by atoms with E-state index in [9.17, 15) is 20.3 Å². The molecule has 5 fully saturated rings. The van der Waals surface area contributed by atoms with E-state index in [-0.39, 0.29) is 36.7 Å². The van der Waals surface area contributed by atoms with Gasteiger partial charge in [-0.05, 0) is 49.4 Å². The second-order valence-corrected chi connectivity index (χ2v) is 13.0. The van der Waals surface area contributed by atoms with Crippen LogP contribution in [0.4, 0.5) is 5.82 Å². The summed E-state index contributed by atoms with van der Waals surface area (Å²) < 4.78 is 7.91. The number of benzene rings is 1. The smallest absolute Gasteiger partial charge is 0.233 e. The first-order valence-corrected chi connectivity index (χ1v) is 16.2. The van der Waals surface area contributed by atoms with Crippen LogP contribution < -0.4 is 9.64 Å². The molecule has 5 aliphatic heterocycles. The molecule has 5 saturated heterocycles. The maximum absolute atomic E-state index is 13.4. The van der Waals surface area contributed by atoms with Crippen LogP contribution in [0, 0.1) is 11.3 Å². The summed E-state index contributed by atoms with van der Waals surface area (Å²) in [5.41, 5.74) is 3.69. The quantitative estimate of drug-likeness (QED) is 0.291. The van der Waals surface area contributed by atoms with Gasteiger partial charge in [-0.1, -0.05) is 30.3 Å². The molecule has 0 saturated carbocycles. The molecule has 9 rings (SSSR count). The number of hydrogen-bond acceptors (Lipinski definition) is 9. The number of anilines is 1. The van der Waals surface area contributed by atoms with Crippen molar-refractivity contribution in [3.8, 4) is 22.9 Å². The van der Waals surface area contributed by atoms with Gasteiger partial charge in [0.25, 0.3) is 0 Å². The number of piperazine rings is 1. The monoisotopic (exact) mass is 619 g/mol. The maximum atomic E-state index is 13.4. The van der Waals surface area contributed by atoms with Crippen LogP contribution in [0.2, 0.25) is 0 Å². The van der Waals surface area contributed by atoms with E-state index in [0.29, 0.717) is 42.6 Å². The molecule has 1 aromatic carbocycles. The zero-order valence-electron chi connectivity index (χ0n) is 25.5. The van der Waals surface area contributed by atoms with Crippen LogP contribution in [0.25, 0.3) is 16.6 Å². The minimum absolute atomic E-state index is 0.0106. The lowest BCUT2D eigenvalue weighted by atomic mass is 9.84. The normalized spacial score (nSPS) is 25.8. The number of nitrogens with zero attached hydrogens (tertiary/aromatic N) is 7. The second-order valence-electron chi connectivity index (χ2n) is 13.0. The lowest BCUT2D eigenvalue weighted by molar-refractivity contribution is -0.148. The molecular weight excluding hydrogens is 582 g/mol. The molecule has 5 aliphatic rings. The van der Waals surface area contributed by atoms with Crippen LogP contribution in [0.15, 0.2) is 67.1 Å². The number of nitriles is 1. The fourth-order valence-electron chi connectivity index (χ4n) is 8.24. The number of aliphatic hydroxyl groups is 2. The Labute approximate surface area is 267 Å². The molecule has 4 aromatic rings. The summed E-state index contributed by atoms with van der Waals surface area (Å²) in [6, 6.07) is 18.6. The number of rotatable bonds is 9. The summed E-state index contributed by atoms with van der Waals surface area (Å²) in [6.45, 7) is 2.42. The number of amides is 1. The number of carbonyl (C=O) groups is 1. The molecule has 8 heterocycles. The molecule has 2 N–H and O–H groups in total. The summed E-state index contributed by atoms with van der Waals surface area (Å²) in [4.78, 5) is 24.8. The van der Waals surface area contributed by atoms with Crippen molar-refractivity contribution >= 4 is 17.2 Å². The predicted octanol–water partition coefficient (Wildman–Crippen LogP) is 2.81. The van der Waals surface area contributed by atoms with E-state index >= 15 is 0 Å². The maximum Gasteiger partial charge on any atom is 0.233 e. The average molecular weight is 620 g/mol. The number of piperidine rings is 1. The average Bonchev–Trinajstić information content (AvgIpc) is 3.77. The van der Waals surface area contributed by atoms with Gasteiger partial charge in [-0.15, -0.1) is 0 Å². The summed E-state index contributed by atoms with van der Waals surface area (Å²) in [5.74, 6) is 0.941. The molecule has 46 heavy (non-hydrogen) atoms. The van der Waals surface area contributed by atoms with Crippen LogP contribution in [0.5, 0.6) is 5.75 Å². The van der Waals surface area contributed by atoms with Crippen LogP contribution in [0.3, 0.4) is 0 Å². The van der Waals surface area contributed by atoms with Crippen molar-refractivity contribution in [2.24, 2.45) is 0 Å². The van der Waals surface area contributed by atoms with Gasteiger partial charge in [0.05, 0.1) is 54.2 Å². The number of aliphatic hydroxyl groups excluding tert-OH is 2. The standard InChI is InChI=1S/C35H37N7O4/c36-15-24-17-38-41-20-28(46-11-10-40-25-7-8-31(40)32(44)13-25)14-29(34(24)41)23-6-9-33(37-16-23)39-18-26-12-27(19-39)42(26)35(45)30(21-43)22-4-2-1-3-5-22/h1-6,9,14,16-17,20,25-27,30-32,43-44H,7-8,10-13,18-19,21H2. The molecule has 0 radical (unpaired) electrons. The Morgan fingerprint density at radius 3 is 2.57 bits per heavy atom. The lowest BCUT2D eigenvalue weighted by Crippen LogP contribution is -2.71. The highest BCUT2D eigenvalue weighted by Crippen LogP contribution is 2.39.